The van der Waals surface area contributed by atoms with Gasteiger partial charge in [-0.05, 0) is 24.3 Å². The number of H-pyrrole nitrogens is 1. The number of aromatic amines is 1. The number of carbonyl (C=O) groups is 1. The molecule has 2 N–H and O–H groups in total. The Labute approximate surface area is 145 Å². The van der Waals surface area contributed by atoms with Gasteiger partial charge in [-0.2, -0.15) is 5.10 Å². The summed E-state index contributed by atoms with van der Waals surface area (Å²) >= 11 is 6.40. The smallest absolute Gasteiger partial charge is 0.264 e. The van der Waals surface area contributed by atoms with Crippen molar-refractivity contribution in [1.82, 2.24) is 24.9 Å². The van der Waals surface area contributed by atoms with Gasteiger partial charge in [0.05, 0.1) is 12.1 Å². The predicted molar refractivity (Wildman–Crippen MR) is 88.7 cm³/mol. The molecule has 11 heteroatoms. The lowest BCUT2D eigenvalue weighted by Gasteiger charge is -2.02. The molecule has 3 heterocycles. The topological polar surface area (TPSA) is 111 Å². The van der Waals surface area contributed by atoms with Crippen LogP contribution in [0.3, 0.4) is 0 Å². The highest BCUT2D eigenvalue weighted by Gasteiger charge is 2.11. The molecule has 0 bridgehead atoms. The number of rotatable bonds is 6. The molecule has 0 saturated carbocycles. The standard InChI is InChI=1S/C13H14N6O3S2/c1-7-3-11(18-22-7)21-5-10(20)15-12-14-8(6-24-12)4-9-16-17-13(23)19(9)2/h3,6H,4-5H2,1-2H3,(H,17,23)(H,14,15,20). The monoisotopic (exact) mass is 366 g/mol. The summed E-state index contributed by atoms with van der Waals surface area (Å²) in [6.45, 7) is 1.57. The van der Waals surface area contributed by atoms with Crippen LogP contribution in [0.5, 0.6) is 5.88 Å². The number of hydrogen-bond donors (Lipinski definition) is 2. The van der Waals surface area contributed by atoms with Gasteiger partial charge in [-0.25, -0.2) is 4.98 Å². The van der Waals surface area contributed by atoms with Crippen molar-refractivity contribution >= 4 is 34.6 Å². The largest absolute Gasteiger partial charge is 0.465 e. The van der Waals surface area contributed by atoms with Gasteiger partial charge in [0.25, 0.3) is 11.8 Å². The highest BCUT2D eigenvalue weighted by Crippen LogP contribution is 2.17. The fraction of sp³-hybridized carbons (Fsp3) is 0.308. The average Bonchev–Trinajstić information content (AvgIpc) is 3.24. The lowest BCUT2D eigenvalue weighted by Crippen LogP contribution is -2.20. The number of nitrogens with one attached hydrogen (secondary N) is 2. The molecule has 9 nitrogen and oxygen atoms in total. The van der Waals surface area contributed by atoms with E-state index in [9.17, 15) is 4.79 Å². The van der Waals surface area contributed by atoms with Gasteiger partial charge in [-0.15, -0.1) is 11.3 Å². The number of carbonyl (C=O) groups excluding carboxylic acids is 1. The first kappa shape index (κ1) is 16.3. The summed E-state index contributed by atoms with van der Waals surface area (Å²) in [7, 11) is 1.83. The average molecular weight is 366 g/mol. The minimum absolute atomic E-state index is 0.172. The first-order chi connectivity index (χ1) is 11.5. The second-order valence-corrected chi connectivity index (χ2v) is 6.18. The number of thiazole rings is 1. The van der Waals surface area contributed by atoms with E-state index in [-0.39, 0.29) is 18.4 Å². The molecule has 0 saturated heterocycles. The molecule has 0 fully saturated rings. The van der Waals surface area contributed by atoms with Gasteiger partial charge in [-0.1, -0.05) is 0 Å². The second kappa shape index (κ2) is 6.93. The molecule has 3 aromatic rings. The third-order valence-electron chi connectivity index (χ3n) is 3.07. The molecule has 0 aromatic carbocycles. The van der Waals surface area contributed by atoms with Gasteiger partial charge >= 0.3 is 0 Å². The normalized spacial score (nSPS) is 10.8. The molecule has 0 unspecified atom stereocenters. The number of nitrogens with zero attached hydrogens (tertiary/aromatic N) is 4. The van der Waals surface area contributed by atoms with E-state index in [2.05, 4.69) is 25.7 Å². The van der Waals surface area contributed by atoms with E-state index in [1.807, 2.05) is 12.4 Å². The van der Waals surface area contributed by atoms with Gasteiger partial charge in [-0.3, -0.25) is 15.2 Å². The van der Waals surface area contributed by atoms with E-state index in [0.717, 1.165) is 11.5 Å². The molecule has 0 spiro atoms. The maximum Gasteiger partial charge on any atom is 0.264 e. The maximum absolute atomic E-state index is 11.9. The van der Waals surface area contributed by atoms with Crippen LogP contribution in [-0.4, -0.2) is 37.4 Å². The molecule has 0 atom stereocenters. The summed E-state index contributed by atoms with van der Waals surface area (Å²) in [5.41, 5.74) is 0.792. The van der Waals surface area contributed by atoms with Gasteiger partial charge in [0, 0.05) is 18.5 Å². The van der Waals surface area contributed by atoms with E-state index in [4.69, 9.17) is 21.5 Å². The van der Waals surface area contributed by atoms with Gasteiger partial charge < -0.3 is 13.8 Å². The fourth-order valence-electron chi connectivity index (χ4n) is 1.85. The SMILES string of the molecule is Cc1cc(OCC(=O)Nc2nc(Cc3n[nH]c(=S)n3C)cs2)no1. The maximum atomic E-state index is 11.9. The van der Waals surface area contributed by atoms with Gasteiger partial charge in [0.2, 0.25) is 0 Å². The second-order valence-electron chi connectivity index (χ2n) is 4.94. The van der Waals surface area contributed by atoms with Crippen molar-refractivity contribution in [3.05, 3.63) is 33.5 Å². The van der Waals surface area contributed by atoms with Crippen LogP contribution in [0.15, 0.2) is 16.0 Å². The summed E-state index contributed by atoms with van der Waals surface area (Å²) < 4.78 is 12.4. The quantitative estimate of drug-likeness (QED) is 0.640. The van der Waals surface area contributed by atoms with Crippen molar-refractivity contribution in [2.24, 2.45) is 7.05 Å². The Balaban J connectivity index is 1.54. The molecule has 0 aliphatic rings. The first-order valence-electron chi connectivity index (χ1n) is 6.92. The zero-order valence-corrected chi connectivity index (χ0v) is 14.5. The van der Waals surface area contributed by atoms with Crippen LogP contribution >= 0.6 is 23.6 Å². The van der Waals surface area contributed by atoms with Crippen molar-refractivity contribution in [2.75, 3.05) is 11.9 Å². The fourth-order valence-corrected chi connectivity index (χ4v) is 2.73. The molecule has 1 amide bonds. The highest BCUT2D eigenvalue weighted by atomic mass is 32.1. The Morgan fingerprint density at radius 1 is 1.58 bits per heavy atom. The summed E-state index contributed by atoms with van der Waals surface area (Å²) in [6.07, 6.45) is 0.519. The number of ether oxygens (including phenoxy) is 1. The minimum Gasteiger partial charge on any atom is -0.465 e. The summed E-state index contributed by atoms with van der Waals surface area (Å²) in [4.78, 5) is 16.2. The molecule has 3 aromatic heterocycles. The third-order valence-corrected chi connectivity index (χ3v) is 4.24. The van der Waals surface area contributed by atoms with Gasteiger partial charge in [0.1, 0.15) is 11.6 Å². The van der Waals surface area contributed by atoms with Crippen molar-refractivity contribution in [3.63, 3.8) is 0 Å². The molecular formula is C13H14N6O3S2. The Kier molecular flexibility index (Phi) is 4.71. The number of hydrogen-bond acceptors (Lipinski definition) is 8. The van der Waals surface area contributed by atoms with Crippen LogP contribution in [-0.2, 0) is 18.3 Å². The molecule has 0 radical (unpaired) electrons. The lowest BCUT2D eigenvalue weighted by molar-refractivity contribution is -0.118. The van der Waals surface area contributed by atoms with E-state index in [0.29, 0.717) is 22.1 Å². The van der Waals surface area contributed by atoms with Crippen LogP contribution in [0.25, 0.3) is 0 Å². The first-order valence-corrected chi connectivity index (χ1v) is 8.20. The van der Waals surface area contributed by atoms with E-state index < -0.39 is 0 Å². The number of anilines is 1. The van der Waals surface area contributed by atoms with Crippen LogP contribution in [0.2, 0.25) is 0 Å². The van der Waals surface area contributed by atoms with Crippen molar-refractivity contribution in [2.45, 2.75) is 13.3 Å². The van der Waals surface area contributed by atoms with Crippen LogP contribution < -0.4 is 10.1 Å². The third kappa shape index (κ3) is 3.86. The van der Waals surface area contributed by atoms with Crippen molar-refractivity contribution in [1.29, 1.82) is 0 Å². The van der Waals surface area contributed by atoms with Crippen molar-refractivity contribution in [3.8, 4) is 5.88 Å². The Morgan fingerprint density at radius 3 is 3.08 bits per heavy atom. The Bertz CT molecular complexity index is 909. The number of aryl methyl sites for hydroxylation is 1. The van der Waals surface area contributed by atoms with Gasteiger partial charge in [0.15, 0.2) is 16.5 Å². The van der Waals surface area contributed by atoms with Crippen molar-refractivity contribution < 1.29 is 14.1 Å². The zero-order chi connectivity index (χ0) is 17.1. The molecule has 24 heavy (non-hydrogen) atoms. The van der Waals surface area contributed by atoms with E-state index in [1.54, 1.807) is 17.6 Å². The number of aromatic nitrogens is 5. The summed E-state index contributed by atoms with van der Waals surface area (Å²) in [5, 5.41) is 15.5. The van der Waals surface area contributed by atoms with Crippen LogP contribution in [0, 0.1) is 11.7 Å². The van der Waals surface area contributed by atoms with Crippen LogP contribution in [0.1, 0.15) is 17.3 Å². The van der Waals surface area contributed by atoms with E-state index in [1.165, 1.54) is 11.3 Å². The van der Waals surface area contributed by atoms with Crippen LogP contribution in [0.4, 0.5) is 5.13 Å². The molecule has 126 valence electrons. The predicted octanol–water partition coefficient (Wildman–Crippen LogP) is 1.84. The van der Waals surface area contributed by atoms with E-state index >= 15 is 0 Å². The Morgan fingerprint density at radius 2 is 2.42 bits per heavy atom. The molecule has 0 aliphatic heterocycles. The highest BCUT2D eigenvalue weighted by molar-refractivity contribution is 7.71. The Hall–Kier alpha value is -2.53. The molecular weight excluding hydrogens is 352 g/mol. The summed E-state index contributed by atoms with van der Waals surface area (Å²) in [6, 6.07) is 1.60. The minimum atomic E-state index is -0.324. The molecule has 0 aliphatic carbocycles. The molecule has 3 rings (SSSR count). The number of amides is 1. The summed E-state index contributed by atoms with van der Waals surface area (Å²) in [5.74, 6) is 1.33. The lowest BCUT2D eigenvalue weighted by atomic mass is 10.3. The zero-order valence-electron chi connectivity index (χ0n) is 12.9.